The van der Waals surface area contributed by atoms with Crippen molar-refractivity contribution >= 4 is 0 Å². The summed E-state index contributed by atoms with van der Waals surface area (Å²) in [4.78, 5) is 0. The first-order valence-electron chi connectivity index (χ1n) is 3.61. The van der Waals surface area contributed by atoms with Gasteiger partial charge in [0.2, 0.25) is 0 Å². The molecule has 4 unspecified atom stereocenters. The van der Waals surface area contributed by atoms with Crippen molar-refractivity contribution in [2.75, 3.05) is 0 Å². The molecule has 2 fully saturated rings. The fourth-order valence-electron chi connectivity index (χ4n) is 1.77. The van der Waals surface area contributed by atoms with E-state index in [0.717, 1.165) is 12.8 Å². The standard InChI is InChI=1S/C7H12O2/c1-4-2-5(8)3-6-7(4)9-6/h4-8H,2-3H2,1H3. The molecule has 1 saturated heterocycles. The molecule has 0 aromatic carbocycles. The van der Waals surface area contributed by atoms with E-state index in [-0.39, 0.29) is 6.10 Å². The van der Waals surface area contributed by atoms with Crippen LogP contribution in [0.2, 0.25) is 0 Å². The second-order valence-corrected chi connectivity index (χ2v) is 3.24. The second kappa shape index (κ2) is 1.70. The molecule has 2 nitrogen and oxygen atoms in total. The van der Waals surface area contributed by atoms with Gasteiger partial charge in [0.25, 0.3) is 0 Å². The topological polar surface area (TPSA) is 32.8 Å². The molecule has 0 bridgehead atoms. The van der Waals surface area contributed by atoms with E-state index in [4.69, 9.17) is 4.74 Å². The Morgan fingerprint density at radius 1 is 1.44 bits per heavy atom. The van der Waals surface area contributed by atoms with Gasteiger partial charge in [-0.15, -0.1) is 0 Å². The summed E-state index contributed by atoms with van der Waals surface area (Å²) in [7, 11) is 0. The maximum Gasteiger partial charge on any atom is 0.0869 e. The number of fused-ring (bicyclic) bond motifs is 1. The molecule has 0 amide bonds. The van der Waals surface area contributed by atoms with Gasteiger partial charge in [-0.05, 0) is 12.3 Å². The zero-order chi connectivity index (χ0) is 6.43. The third-order valence-corrected chi connectivity index (χ3v) is 2.33. The number of ether oxygens (including phenoxy) is 1. The Balaban J connectivity index is 1.99. The minimum atomic E-state index is -0.0938. The van der Waals surface area contributed by atoms with Gasteiger partial charge in [-0.2, -0.15) is 0 Å². The van der Waals surface area contributed by atoms with Gasteiger partial charge in [-0.1, -0.05) is 6.92 Å². The van der Waals surface area contributed by atoms with E-state index in [1.54, 1.807) is 0 Å². The molecule has 0 radical (unpaired) electrons. The van der Waals surface area contributed by atoms with Crippen molar-refractivity contribution < 1.29 is 9.84 Å². The lowest BCUT2D eigenvalue weighted by atomic mass is 9.89. The van der Waals surface area contributed by atoms with Crippen molar-refractivity contribution in [1.82, 2.24) is 0 Å². The van der Waals surface area contributed by atoms with Crippen molar-refractivity contribution in [3.63, 3.8) is 0 Å². The summed E-state index contributed by atoms with van der Waals surface area (Å²) in [5, 5.41) is 9.20. The molecule has 4 atom stereocenters. The second-order valence-electron chi connectivity index (χ2n) is 3.24. The van der Waals surface area contributed by atoms with Crippen LogP contribution in [0.5, 0.6) is 0 Å². The van der Waals surface area contributed by atoms with Gasteiger partial charge >= 0.3 is 0 Å². The van der Waals surface area contributed by atoms with Crippen molar-refractivity contribution in [3.05, 3.63) is 0 Å². The summed E-state index contributed by atoms with van der Waals surface area (Å²) in [5.41, 5.74) is 0. The van der Waals surface area contributed by atoms with Crippen LogP contribution in [0.15, 0.2) is 0 Å². The van der Waals surface area contributed by atoms with Crippen LogP contribution in [0.25, 0.3) is 0 Å². The van der Waals surface area contributed by atoms with Crippen LogP contribution in [0.4, 0.5) is 0 Å². The highest BCUT2D eigenvalue weighted by atomic mass is 16.6. The summed E-state index contributed by atoms with van der Waals surface area (Å²) >= 11 is 0. The molecule has 2 rings (SSSR count). The van der Waals surface area contributed by atoms with Gasteiger partial charge in [-0.25, -0.2) is 0 Å². The van der Waals surface area contributed by atoms with Crippen LogP contribution < -0.4 is 0 Å². The van der Waals surface area contributed by atoms with Crippen LogP contribution in [0.1, 0.15) is 19.8 Å². The Labute approximate surface area is 54.8 Å². The van der Waals surface area contributed by atoms with Gasteiger partial charge in [0.15, 0.2) is 0 Å². The first kappa shape index (κ1) is 5.69. The molecule has 9 heavy (non-hydrogen) atoms. The first-order valence-corrected chi connectivity index (χ1v) is 3.61. The predicted octanol–water partition coefficient (Wildman–Crippen LogP) is 0.545. The van der Waals surface area contributed by atoms with Crippen LogP contribution in [-0.2, 0) is 4.74 Å². The zero-order valence-electron chi connectivity index (χ0n) is 5.58. The van der Waals surface area contributed by atoms with E-state index < -0.39 is 0 Å². The molecule has 2 aliphatic rings. The Kier molecular flexibility index (Phi) is 1.08. The average molecular weight is 128 g/mol. The van der Waals surface area contributed by atoms with Gasteiger partial charge in [0, 0.05) is 6.42 Å². The Hall–Kier alpha value is -0.0800. The minimum absolute atomic E-state index is 0.0938. The number of aliphatic hydroxyl groups excluding tert-OH is 1. The summed E-state index contributed by atoms with van der Waals surface area (Å²) in [6, 6.07) is 0. The maximum atomic E-state index is 9.20. The normalized spacial score (nSPS) is 56.7. The lowest BCUT2D eigenvalue weighted by Gasteiger charge is -2.17. The zero-order valence-corrected chi connectivity index (χ0v) is 5.58. The van der Waals surface area contributed by atoms with E-state index in [1.807, 2.05) is 0 Å². The SMILES string of the molecule is CC1CC(O)CC2OC12. The largest absolute Gasteiger partial charge is 0.393 e. The van der Waals surface area contributed by atoms with Crippen LogP contribution >= 0.6 is 0 Å². The van der Waals surface area contributed by atoms with Crippen molar-refractivity contribution in [3.8, 4) is 0 Å². The maximum absolute atomic E-state index is 9.20. The number of epoxide rings is 1. The summed E-state index contributed by atoms with van der Waals surface area (Å²) in [6.45, 7) is 2.15. The predicted molar refractivity (Wildman–Crippen MR) is 33.1 cm³/mol. The van der Waals surface area contributed by atoms with E-state index in [0.29, 0.717) is 18.1 Å². The summed E-state index contributed by atoms with van der Waals surface area (Å²) in [6.07, 6.45) is 2.61. The molecule has 1 aliphatic heterocycles. The van der Waals surface area contributed by atoms with Crippen molar-refractivity contribution in [2.45, 2.75) is 38.1 Å². The highest BCUT2D eigenvalue weighted by Gasteiger charge is 2.47. The Morgan fingerprint density at radius 3 is 2.89 bits per heavy atom. The van der Waals surface area contributed by atoms with Crippen LogP contribution in [0, 0.1) is 5.92 Å². The van der Waals surface area contributed by atoms with Crippen molar-refractivity contribution in [2.24, 2.45) is 5.92 Å². The molecule has 1 N–H and O–H groups in total. The highest BCUT2D eigenvalue weighted by molar-refractivity contribution is 4.95. The molecule has 1 aliphatic carbocycles. The number of hydrogen-bond donors (Lipinski definition) is 1. The van der Waals surface area contributed by atoms with Gasteiger partial charge in [0.05, 0.1) is 18.3 Å². The van der Waals surface area contributed by atoms with E-state index >= 15 is 0 Å². The highest BCUT2D eigenvalue weighted by Crippen LogP contribution is 2.40. The lowest BCUT2D eigenvalue weighted by Crippen LogP contribution is -2.24. The van der Waals surface area contributed by atoms with Gasteiger partial charge < -0.3 is 9.84 Å². The number of rotatable bonds is 0. The van der Waals surface area contributed by atoms with E-state index in [1.165, 1.54) is 0 Å². The summed E-state index contributed by atoms with van der Waals surface area (Å²) < 4.78 is 5.30. The molecule has 1 heterocycles. The molecular formula is C7H12O2. The molecule has 0 spiro atoms. The summed E-state index contributed by atoms with van der Waals surface area (Å²) in [5.74, 6) is 0.582. The van der Waals surface area contributed by atoms with Crippen molar-refractivity contribution in [1.29, 1.82) is 0 Å². The molecule has 0 aromatic rings. The third-order valence-electron chi connectivity index (χ3n) is 2.33. The fourth-order valence-corrected chi connectivity index (χ4v) is 1.77. The Bertz CT molecular complexity index is 124. The third kappa shape index (κ3) is 0.864. The fraction of sp³-hybridized carbons (Fsp3) is 1.00. The molecule has 1 saturated carbocycles. The monoisotopic (exact) mass is 128 g/mol. The van der Waals surface area contributed by atoms with Crippen LogP contribution in [-0.4, -0.2) is 23.4 Å². The lowest BCUT2D eigenvalue weighted by molar-refractivity contribution is 0.120. The van der Waals surface area contributed by atoms with Gasteiger partial charge in [0.1, 0.15) is 0 Å². The number of hydrogen-bond acceptors (Lipinski definition) is 2. The van der Waals surface area contributed by atoms with E-state index in [2.05, 4.69) is 6.92 Å². The minimum Gasteiger partial charge on any atom is -0.393 e. The quantitative estimate of drug-likeness (QED) is 0.483. The molecule has 2 heteroatoms. The Morgan fingerprint density at radius 2 is 2.22 bits per heavy atom. The first-order chi connectivity index (χ1) is 4.27. The smallest absolute Gasteiger partial charge is 0.0869 e. The molecule has 0 aromatic heterocycles. The van der Waals surface area contributed by atoms with Crippen LogP contribution in [0.3, 0.4) is 0 Å². The van der Waals surface area contributed by atoms with Gasteiger partial charge in [-0.3, -0.25) is 0 Å². The molecular weight excluding hydrogens is 116 g/mol. The average Bonchev–Trinajstić information content (AvgIpc) is 2.43. The van der Waals surface area contributed by atoms with E-state index in [9.17, 15) is 5.11 Å². The molecule has 52 valence electrons. The number of aliphatic hydroxyl groups is 1.